The van der Waals surface area contributed by atoms with E-state index in [2.05, 4.69) is 5.32 Å². The third-order valence-corrected chi connectivity index (χ3v) is 4.03. The first kappa shape index (κ1) is 12.6. The van der Waals surface area contributed by atoms with Crippen LogP contribution in [-0.2, 0) is 20.3 Å². The Balaban J connectivity index is 2.47. The van der Waals surface area contributed by atoms with Gasteiger partial charge in [0.15, 0.2) is 0 Å². The number of rotatable bonds is 3. The largest absolute Gasteiger partial charge is 0.468 e. The lowest BCUT2D eigenvalue weighted by Gasteiger charge is -2.31. The predicted octanol–water partition coefficient (Wildman–Crippen LogP) is 0.439. The fourth-order valence-corrected chi connectivity index (χ4v) is 3.06. The van der Waals surface area contributed by atoms with Crippen molar-refractivity contribution < 1.29 is 13.7 Å². The first-order chi connectivity index (χ1) is 6.95. The van der Waals surface area contributed by atoms with Gasteiger partial charge in [0, 0.05) is 28.3 Å². The summed E-state index contributed by atoms with van der Waals surface area (Å²) in [5, 5.41) is 3.26. The molecule has 1 aliphatic heterocycles. The molecule has 15 heavy (non-hydrogen) atoms. The smallest absolute Gasteiger partial charge is 0.325 e. The minimum absolute atomic E-state index is 0.255. The number of methoxy groups -OCH3 is 1. The van der Waals surface area contributed by atoms with Crippen molar-refractivity contribution in [3.63, 3.8) is 0 Å². The van der Waals surface area contributed by atoms with Crippen molar-refractivity contribution in [1.29, 1.82) is 0 Å². The van der Waals surface area contributed by atoms with Crippen LogP contribution in [0.15, 0.2) is 0 Å². The van der Waals surface area contributed by atoms with Gasteiger partial charge in [-0.2, -0.15) is 0 Å². The van der Waals surface area contributed by atoms with E-state index in [9.17, 15) is 9.00 Å². The van der Waals surface area contributed by atoms with Crippen molar-refractivity contribution in [2.75, 3.05) is 18.6 Å². The molecule has 0 atom stereocenters. The van der Waals surface area contributed by atoms with Crippen LogP contribution in [0.5, 0.6) is 0 Å². The van der Waals surface area contributed by atoms with Crippen LogP contribution >= 0.6 is 0 Å². The Morgan fingerprint density at radius 3 is 2.40 bits per heavy atom. The van der Waals surface area contributed by atoms with Gasteiger partial charge >= 0.3 is 5.97 Å². The van der Waals surface area contributed by atoms with E-state index in [1.165, 1.54) is 7.11 Å². The van der Waals surface area contributed by atoms with Crippen LogP contribution in [0, 0.1) is 0 Å². The summed E-state index contributed by atoms with van der Waals surface area (Å²) < 4.78 is 15.9. The molecule has 5 heteroatoms. The molecule has 1 heterocycles. The molecule has 0 aromatic heterocycles. The van der Waals surface area contributed by atoms with Gasteiger partial charge in [-0.3, -0.25) is 14.3 Å². The molecule has 1 aliphatic rings. The van der Waals surface area contributed by atoms with E-state index in [1.807, 2.05) is 13.8 Å². The van der Waals surface area contributed by atoms with E-state index < -0.39 is 16.3 Å². The van der Waals surface area contributed by atoms with Crippen molar-refractivity contribution in [3.8, 4) is 0 Å². The summed E-state index contributed by atoms with van der Waals surface area (Å²) >= 11 is 0. The zero-order valence-electron chi connectivity index (χ0n) is 9.54. The second-order valence-electron chi connectivity index (χ2n) is 4.38. The molecule has 0 bridgehead atoms. The Hall–Kier alpha value is -0.420. The molecular weight excluding hydrogens is 214 g/mol. The summed E-state index contributed by atoms with van der Waals surface area (Å²) in [4.78, 5) is 11.4. The number of hydrogen-bond acceptors (Lipinski definition) is 4. The Morgan fingerprint density at radius 2 is 1.93 bits per heavy atom. The molecule has 1 rings (SSSR count). The van der Waals surface area contributed by atoms with Crippen molar-refractivity contribution in [2.24, 2.45) is 0 Å². The lowest BCUT2D eigenvalue weighted by molar-refractivity contribution is -0.147. The van der Waals surface area contributed by atoms with Crippen molar-refractivity contribution in [2.45, 2.75) is 38.3 Å². The normalized spacial score (nSPS) is 27.4. The Kier molecular flexibility index (Phi) is 4.28. The summed E-state index contributed by atoms with van der Waals surface area (Å²) in [7, 11) is 0.733. The van der Waals surface area contributed by atoms with E-state index in [0.29, 0.717) is 0 Å². The summed E-state index contributed by atoms with van der Waals surface area (Å²) in [5.41, 5.74) is -0.655. The van der Waals surface area contributed by atoms with Crippen LogP contribution in [-0.4, -0.2) is 40.4 Å². The first-order valence-electron chi connectivity index (χ1n) is 5.17. The zero-order chi connectivity index (χ0) is 11.5. The van der Waals surface area contributed by atoms with Gasteiger partial charge in [0.2, 0.25) is 0 Å². The SMILES string of the molecule is COC(=O)C(C)(C)NC1CCS(=O)CC1. The first-order valence-corrected chi connectivity index (χ1v) is 6.65. The highest BCUT2D eigenvalue weighted by Crippen LogP contribution is 2.14. The molecule has 4 nitrogen and oxygen atoms in total. The average Bonchev–Trinajstić information content (AvgIpc) is 2.20. The van der Waals surface area contributed by atoms with Crippen LogP contribution in [0.1, 0.15) is 26.7 Å². The van der Waals surface area contributed by atoms with Gasteiger partial charge in [0.05, 0.1) is 7.11 Å². The highest BCUT2D eigenvalue weighted by Gasteiger charge is 2.32. The van der Waals surface area contributed by atoms with Crippen molar-refractivity contribution in [1.82, 2.24) is 5.32 Å². The van der Waals surface area contributed by atoms with E-state index >= 15 is 0 Å². The number of carbonyl (C=O) groups excluding carboxylic acids is 1. The van der Waals surface area contributed by atoms with Gasteiger partial charge in [-0.1, -0.05) is 0 Å². The summed E-state index contributed by atoms with van der Waals surface area (Å²) in [6, 6.07) is 0.275. The molecule has 0 spiro atoms. The van der Waals surface area contributed by atoms with Gasteiger partial charge in [0.1, 0.15) is 5.54 Å². The zero-order valence-corrected chi connectivity index (χ0v) is 10.4. The molecule has 0 saturated carbocycles. The second kappa shape index (κ2) is 5.07. The van der Waals surface area contributed by atoms with Crippen LogP contribution in [0.3, 0.4) is 0 Å². The van der Waals surface area contributed by atoms with Gasteiger partial charge in [0.25, 0.3) is 0 Å². The van der Waals surface area contributed by atoms with Crippen LogP contribution in [0.2, 0.25) is 0 Å². The fourth-order valence-electron chi connectivity index (χ4n) is 1.76. The maximum absolute atomic E-state index is 11.4. The maximum atomic E-state index is 11.4. The molecule has 1 fully saturated rings. The molecule has 0 aromatic rings. The Bertz CT molecular complexity index is 255. The molecule has 0 aliphatic carbocycles. The van der Waals surface area contributed by atoms with Gasteiger partial charge < -0.3 is 4.74 Å². The van der Waals surface area contributed by atoms with Crippen LogP contribution in [0.25, 0.3) is 0 Å². The molecule has 88 valence electrons. The molecular formula is C10H19NO3S. The molecule has 0 aromatic carbocycles. The highest BCUT2D eigenvalue weighted by atomic mass is 32.2. The van der Waals surface area contributed by atoms with E-state index in [-0.39, 0.29) is 12.0 Å². The maximum Gasteiger partial charge on any atom is 0.325 e. The molecule has 1 N–H and O–H groups in total. The van der Waals surface area contributed by atoms with Gasteiger partial charge in [-0.15, -0.1) is 0 Å². The average molecular weight is 233 g/mol. The van der Waals surface area contributed by atoms with E-state index in [1.54, 1.807) is 0 Å². The van der Waals surface area contributed by atoms with Crippen LogP contribution in [0.4, 0.5) is 0 Å². The topological polar surface area (TPSA) is 55.4 Å². The molecule has 0 radical (unpaired) electrons. The summed E-state index contributed by atoms with van der Waals surface area (Å²) in [5.74, 6) is 1.21. The van der Waals surface area contributed by atoms with Crippen molar-refractivity contribution in [3.05, 3.63) is 0 Å². The van der Waals surface area contributed by atoms with Gasteiger partial charge in [-0.05, 0) is 26.7 Å². The molecule has 0 unspecified atom stereocenters. The second-order valence-corrected chi connectivity index (χ2v) is 6.08. The quantitative estimate of drug-likeness (QED) is 0.719. The monoisotopic (exact) mass is 233 g/mol. The number of hydrogen-bond donors (Lipinski definition) is 1. The van der Waals surface area contributed by atoms with E-state index in [0.717, 1.165) is 24.3 Å². The lowest BCUT2D eigenvalue weighted by Crippen LogP contribution is -2.53. The number of carbonyl (C=O) groups is 1. The lowest BCUT2D eigenvalue weighted by atomic mass is 10.0. The third kappa shape index (κ3) is 3.57. The predicted molar refractivity (Wildman–Crippen MR) is 60.1 cm³/mol. The number of esters is 1. The van der Waals surface area contributed by atoms with Crippen molar-refractivity contribution >= 4 is 16.8 Å². The summed E-state index contributed by atoms with van der Waals surface area (Å²) in [6.07, 6.45) is 1.74. The Morgan fingerprint density at radius 1 is 1.40 bits per heavy atom. The standard InChI is InChI=1S/C10H19NO3S/c1-10(2,9(12)14-3)11-8-4-6-15(13)7-5-8/h8,11H,4-7H2,1-3H3. The summed E-state index contributed by atoms with van der Waals surface area (Å²) in [6.45, 7) is 3.62. The number of ether oxygens (including phenoxy) is 1. The third-order valence-electron chi connectivity index (χ3n) is 2.65. The minimum Gasteiger partial charge on any atom is -0.468 e. The molecule has 0 amide bonds. The van der Waals surface area contributed by atoms with E-state index in [4.69, 9.17) is 4.74 Å². The highest BCUT2D eigenvalue weighted by molar-refractivity contribution is 7.85. The fraction of sp³-hybridized carbons (Fsp3) is 0.900. The number of nitrogens with one attached hydrogen (secondary N) is 1. The molecule has 1 saturated heterocycles. The Labute approximate surface area is 93.2 Å². The van der Waals surface area contributed by atoms with Crippen LogP contribution < -0.4 is 5.32 Å². The van der Waals surface area contributed by atoms with Gasteiger partial charge in [-0.25, -0.2) is 0 Å². The minimum atomic E-state index is -0.658.